The molecule has 2 N–H and O–H groups in total. The lowest BCUT2D eigenvalue weighted by Gasteiger charge is -2.19. The molecule has 5 nitrogen and oxygen atoms in total. The quantitative estimate of drug-likeness (QED) is 0.271. The third kappa shape index (κ3) is 8.26. The highest BCUT2D eigenvalue weighted by molar-refractivity contribution is 6.06. The summed E-state index contributed by atoms with van der Waals surface area (Å²) in [6.45, 7) is 9.31. The fourth-order valence-corrected chi connectivity index (χ4v) is 3.80. The molecular weight excluding hydrogens is 448 g/mol. The van der Waals surface area contributed by atoms with E-state index in [1.54, 1.807) is 36.4 Å². The number of ether oxygens (including phenoxy) is 1. The molecule has 0 aromatic heterocycles. The predicted molar refractivity (Wildman–Crippen MR) is 148 cm³/mol. The minimum Gasteiger partial charge on any atom is -0.494 e. The van der Waals surface area contributed by atoms with Gasteiger partial charge in [0.1, 0.15) is 5.75 Å². The maximum Gasteiger partial charge on any atom is 0.255 e. The Kier molecular flexibility index (Phi) is 9.69. The number of benzene rings is 3. The lowest BCUT2D eigenvalue weighted by Crippen LogP contribution is -2.15. The van der Waals surface area contributed by atoms with Gasteiger partial charge in [0, 0.05) is 22.5 Å². The summed E-state index contributed by atoms with van der Waals surface area (Å²) in [4.78, 5) is 25.4. The molecular formula is C31H38N2O3. The summed E-state index contributed by atoms with van der Waals surface area (Å²) in [7, 11) is 0. The van der Waals surface area contributed by atoms with Gasteiger partial charge in [-0.15, -0.1) is 0 Å². The summed E-state index contributed by atoms with van der Waals surface area (Å²) < 4.78 is 5.78. The van der Waals surface area contributed by atoms with Crippen molar-refractivity contribution >= 4 is 23.2 Å². The molecule has 3 aromatic rings. The number of carbonyl (C=O) groups is 2. The molecule has 36 heavy (non-hydrogen) atoms. The summed E-state index contributed by atoms with van der Waals surface area (Å²) in [5, 5.41) is 5.80. The van der Waals surface area contributed by atoms with Crippen LogP contribution in [-0.4, -0.2) is 18.4 Å². The molecule has 2 amide bonds. The zero-order valence-electron chi connectivity index (χ0n) is 21.9. The molecule has 0 aliphatic carbocycles. The van der Waals surface area contributed by atoms with Gasteiger partial charge in [0.25, 0.3) is 11.8 Å². The first-order valence-electron chi connectivity index (χ1n) is 12.8. The van der Waals surface area contributed by atoms with Crippen molar-refractivity contribution in [3.05, 3.63) is 89.5 Å². The van der Waals surface area contributed by atoms with Crippen LogP contribution in [0.5, 0.6) is 5.75 Å². The monoisotopic (exact) mass is 486 g/mol. The maximum absolute atomic E-state index is 12.7. The summed E-state index contributed by atoms with van der Waals surface area (Å²) >= 11 is 0. The van der Waals surface area contributed by atoms with Crippen LogP contribution < -0.4 is 15.4 Å². The standard InChI is InChI=1S/C31H38N2O3/c1-5-6-7-8-9-21-36-28-19-15-24(16-20-28)30(35)33-27-12-10-11-26(22-27)32-29(34)23-13-17-25(18-14-23)31(2,3)4/h10-20,22H,5-9,21H2,1-4H3,(H,32,34)(H,33,35). The smallest absolute Gasteiger partial charge is 0.255 e. The number of unbranched alkanes of at least 4 members (excludes halogenated alkanes) is 4. The van der Waals surface area contributed by atoms with Crippen LogP contribution in [0.1, 0.15) is 86.1 Å². The van der Waals surface area contributed by atoms with E-state index in [4.69, 9.17) is 4.74 Å². The first-order valence-corrected chi connectivity index (χ1v) is 12.8. The number of nitrogens with one attached hydrogen (secondary N) is 2. The van der Waals surface area contributed by atoms with Crippen LogP contribution in [0.25, 0.3) is 0 Å². The topological polar surface area (TPSA) is 67.4 Å². The molecule has 0 fully saturated rings. The van der Waals surface area contributed by atoms with Crippen molar-refractivity contribution in [2.24, 2.45) is 0 Å². The number of amides is 2. The molecule has 190 valence electrons. The molecule has 5 heteroatoms. The van der Waals surface area contributed by atoms with Crippen molar-refractivity contribution in [1.82, 2.24) is 0 Å². The minimum absolute atomic E-state index is 0.0305. The van der Waals surface area contributed by atoms with Gasteiger partial charge in [-0.05, 0) is 72.0 Å². The van der Waals surface area contributed by atoms with Gasteiger partial charge in [0.2, 0.25) is 0 Å². The Morgan fingerprint density at radius 3 is 1.78 bits per heavy atom. The molecule has 0 aliphatic heterocycles. The molecule has 0 saturated heterocycles. The summed E-state index contributed by atoms with van der Waals surface area (Å²) in [6.07, 6.45) is 5.96. The van der Waals surface area contributed by atoms with E-state index in [-0.39, 0.29) is 17.2 Å². The second kappa shape index (κ2) is 12.9. The van der Waals surface area contributed by atoms with E-state index < -0.39 is 0 Å². The van der Waals surface area contributed by atoms with Crippen LogP contribution in [0, 0.1) is 0 Å². The number of hydrogen-bond donors (Lipinski definition) is 2. The van der Waals surface area contributed by atoms with E-state index in [0.29, 0.717) is 29.1 Å². The molecule has 3 rings (SSSR count). The number of rotatable bonds is 11. The Balaban J connectivity index is 1.53. The van der Waals surface area contributed by atoms with Crippen LogP contribution in [0.2, 0.25) is 0 Å². The van der Waals surface area contributed by atoms with Crippen molar-refractivity contribution < 1.29 is 14.3 Å². The SMILES string of the molecule is CCCCCCCOc1ccc(C(=O)Nc2cccc(NC(=O)c3ccc(C(C)(C)C)cc3)c2)cc1. The number of anilines is 2. The fourth-order valence-electron chi connectivity index (χ4n) is 3.80. The van der Waals surface area contributed by atoms with Crippen molar-refractivity contribution in [2.75, 3.05) is 17.2 Å². The molecule has 0 atom stereocenters. The fraction of sp³-hybridized carbons (Fsp3) is 0.355. The maximum atomic E-state index is 12.7. The van der Waals surface area contributed by atoms with Gasteiger partial charge in [0.05, 0.1) is 6.61 Å². The van der Waals surface area contributed by atoms with E-state index in [1.807, 2.05) is 36.4 Å². The third-order valence-corrected chi connectivity index (χ3v) is 6.02. The highest BCUT2D eigenvalue weighted by Gasteiger charge is 2.14. The number of carbonyl (C=O) groups excluding carboxylic acids is 2. The Labute approximate surface area is 215 Å². The van der Waals surface area contributed by atoms with E-state index in [9.17, 15) is 9.59 Å². The van der Waals surface area contributed by atoms with Gasteiger partial charge in [-0.25, -0.2) is 0 Å². The summed E-state index contributed by atoms with van der Waals surface area (Å²) in [6, 6.07) is 21.9. The van der Waals surface area contributed by atoms with Crippen LogP contribution in [0.3, 0.4) is 0 Å². The van der Waals surface area contributed by atoms with Crippen molar-refractivity contribution in [1.29, 1.82) is 0 Å². The van der Waals surface area contributed by atoms with Crippen molar-refractivity contribution in [2.45, 2.75) is 65.2 Å². The molecule has 0 aliphatic rings. The Morgan fingerprint density at radius 2 is 1.25 bits per heavy atom. The predicted octanol–water partition coefficient (Wildman–Crippen LogP) is 7.84. The van der Waals surface area contributed by atoms with Gasteiger partial charge in [-0.2, -0.15) is 0 Å². The van der Waals surface area contributed by atoms with Gasteiger partial charge < -0.3 is 15.4 Å². The highest BCUT2D eigenvalue weighted by atomic mass is 16.5. The van der Waals surface area contributed by atoms with Crippen LogP contribution in [-0.2, 0) is 5.41 Å². The highest BCUT2D eigenvalue weighted by Crippen LogP contribution is 2.23. The van der Waals surface area contributed by atoms with Crippen molar-refractivity contribution in [3.8, 4) is 5.75 Å². The zero-order valence-corrected chi connectivity index (χ0v) is 21.9. The van der Waals surface area contributed by atoms with E-state index >= 15 is 0 Å². The minimum atomic E-state index is -0.220. The Morgan fingerprint density at radius 1 is 0.722 bits per heavy atom. The lowest BCUT2D eigenvalue weighted by molar-refractivity contribution is 0.101. The number of hydrogen-bond acceptors (Lipinski definition) is 3. The average Bonchev–Trinajstić information content (AvgIpc) is 2.86. The molecule has 3 aromatic carbocycles. The van der Waals surface area contributed by atoms with Crippen LogP contribution in [0.15, 0.2) is 72.8 Å². The molecule has 0 heterocycles. The van der Waals surface area contributed by atoms with E-state index in [2.05, 4.69) is 38.3 Å². The normalized spacial score (nSPS) is 11.1. The molecule has 0 unspecified atom stereocenters. The zero-order chi connectivity index (χ0) is 26.0. The second-order valence-electron chi connectivity index (χ2n) is 10.1. The first kappa shape index (κ1) is 27.0. The van der Waals surface area contributed by atoms with Crippen molar-refractivity contribution in [3.63, 3.8) is 0 Å². The molecule has 0 spiro atoms. The molecule has 0 saturated carbocycles. The van der Waals surface area contributed by atoms with Crippen LogP contribution >= 0.6 is 0 Å². The Hall–Kier alpha value is -3.60. The summed E-state index contributed by atoms with van der Waals surface area (Å²) in [5.74, 6) is 0.351. The third-order valence-electron chi connectivity index (χ3n) is 6.02. The first-order chi connectivity index (χ1) is 17.3. The largest absolute Gasteiger partial charge is 0.494 e. The Bertz CT molecular complexity index is 1130. The lowest BCUT2D eigenvalue weighted by atomic mass is 9.87. The summed E-state index contributed by atoms with van der Waals surface area (Å²) in [5.41, 5.74) is 3.54. The van der Waals surface area contributed by atoms with E-state index in [1.165, 1.54) is 31.2 Å². The second-order valence-corrected chi connectivity index (χ2v) is 10.1. The van der Waals surface area contributed by atoms with Gasteiger partial charge in [-0.1, -0.05) is 71.6 Å². The molecule has 0 radical (unpaired) electrons. The van der Waals surface area contributed by atoms with Gasteiger partial charge in [-0.3, -0.25) is 9.59 Å². The van der Waals surface area contributed by atoms with Crippen LogP contribution in [0.4, 0.5) is 11.4 Å². The van der Waals surface area contributed by atoms with Gasteiger partial charge in [0.15, 0.2) is 0 Å². The molecule has 0 bridgehead atoms. The average molecular weight is 487 g/mol. The van der Waals surface area contributed by atoms with E-state index in [0.717, 1.165) is 12.2 Å². The van der Waals surface area contributed by atoms with Gasteiger partial charge >= 0.3 is 0 Å².